The van der Waals surface area contributed by atoms with Crippen LogP contribution in [0.25, 0.3) is 0 Å². The normalized spacial score (nSPS) is 19.9. The van der Waals surface area contributed by atoms with Gasteiger partial charge in [0.25, 0.3) is 0 Å². The lowest BCUT2D eigenvalue weighted by Crippen LogP contribution is -2.75. The van der Waals surface area contributed by atoms with E-state index in [4.69, 9.17) is 11.6 Å². The molecule has 1 unspecified atom stereocenters. The summed E-state index contributed by atoms with van der Waals surface area (Å²) in [5, 5.41) is 11.5. The Hall–Kier alpha value is -0.860. The van der Waals surface area contributed by atoms with E-state index in [0.717, 1.165) is 27.7 Å². The summed E-state index contributed by atoms with van der Waals surface area (Å²) in [6, 6.07) is 3.38. The molecule has 1 aromatic carbocycles. The van der Waals surface area contributed by atoms with Crippen LogP contribution in [0.3, 0.4) is 0 Å². The van der Waals surface area contributed by atoms with Crippen molar-refractivity contribution in [2.24, 2.45) is 0 Å². The average molecular weight is 377 g/mol. The highest BCUT2D eigenvalue weighted by molar-refractivity contribution is 9.10. The first-order chi connectivity index (χ1) is 10.1. The van der Waals surface area contributed by atoms with E-state index in [1.54, 1.807) is 21.1 Å². The number of likely N-dealkylation sites (N-methyl/N-ethyl adjacent to an activating group) is 2. The van der Waals surface area contributed by atoms with Crippen molar-refractivity contribution in [2.45, 2.75) is 17.7 Å². The molecule has 0 spiro atoms. The number of benzene rings is 1. The van der Waals surface area contributed by atoms with Gasteiger partial charge in [-0.15, -0.1) is 11.6 Å². The Kier molecular flexibility index (Phi) is 5.11. The van der Waals surface area contributed by atoms with E-state index in [9.17, 15) is 4.79 Å². The lowest BCUT2D eigenvalue weighted by Gasteiger charge is -2.49. The van der Waals surface area contributed by atoms with E-state index in [1.807, 2.05) is 17.1 Å². The molecule has 1 aliphatic rings. The van der Waals surface area contributed by atoms with E-state index in [0.29, 0.717) is 5.88 Å². The number of nitrogens with zero attached hydrogens (tertiary/aromatic N) is 1. The molecule has 2 rings (SSSR count). The quantitative estimate of drug-likeness (QED) is 0.352. The second-order valence-corrected chi connectivity index (χ2v) is 5.78. The Morgan fingerprint density at radius 1 is 1.43 bits per heavy atom. The number of hydrogen-bond donors (Lipinski definition) is 4. The number of carbonyl (C=O) groups excluding carboxylic acids is 1. The van der Waals surface area contributed by atoms with Crippen molar-refractivity contribution >= 4 is 45.2 Å². The predicted molar refractivity (Wildman–Crippen MR) is 89.6 cm³/mol. The molecule has 0 radical (unpaired) electrons. The molecule has 0 saturated heterocycles. The molecule has 21 heavy (non-hydrogen) atoms. The van der Waals surface area contributed by atoms with Gasteiger partial charge in [-0.1, -0.05) is 15.9 Å². The summed E-state index contributed by atoms with van der Waals surface area (Å²) in [7, 11) is 5.36. The molecule has 1 aliphatic heterocycles. The van der Waals surface area contributed by atoms with Crippen molar-refractivity contribution < 1.29 is 4.79 Å². The first-order valence-corrected chi connectivity index (χ1v) is 7.86. The predicted octanol–water partition coefficient (Wildman–Crippen LogP) is 1.21. The SMILES string of the molecule is CNN1c2c(ccc(Br)c2CCl)NC(NC)(NC)C1C=O. The van der Waals surface area contributed by atoms with Crippen molar-refractivity contribution in [3.8, 4) is 0 Å². The van der Waals surface area contributed by atoms with E-state index in [1.165, 1.54) is 0 Å². The molecule has 0 fully saturated rings. The minimum Gasteiger partial charge on any atom is -0.351 e. The van der Waals surface area contributed by atoms with E-state index < -0.39 is 11.8 Å². The topological polar surface area (TPSA) is 68.4 Å². The van der Waals surface area contributed by atoms with Crippen molar-refractivity contribution in [2.75, 3.05) is 31.5 Å². The lowest BCUT2D eigenvalue weighted by molar-refractivity contribution is -0.110. The van der Waals surface area contributed by atoms with Gasteiger partial charge < -0.3 is 10.1 Å². The van der Waals surface area contributed by atoms with Crippen molar-refractivity contribution in [1.29, 1.82) is 0 Å². The molecule has 0 aliphatic carbocycles. The Morgan fingerprint density at radius 3 is 2.57 bits per heavy atom. The molecule has 8 heteroatoms. The summed E-state index contributed by atoms with van der Waals surface area (Å²) in [6.45, 7) is 0. The van der Waals surface area contributed by atoms with Crippen LogP contribution in [0, 0.1) is 0 Å². The lowest BCUT2D eigenvalue weighted by atomic mass is 10.0. The third-order valence-corrected chi connectivity index (χ3v) is 4.82. The minimum absolute atomic E-state index is 0.335. The average Bonchev–Trinajstić information content (AvgIpc) is 2.52. The number of fused-ring (bicyclic) bond motifs is 1. The molecule has 1 aromatic rings. The number of nitrogens with one attached hydrogen (secondary N) is 4. The summed E-state index contributed by atoms with van der Waals surface area (Å²) in [6.07, 6.45) is 0.887. The van der Waals surface area contributed by atoms with Gasteiger partial charge in [0.2, 0.25) is 0 Å². The number of hydrogen-bond acceptors (Lipinski definition) is 6. The number of anilines is 2. The van der Waals surface area contributed by atoms with Crippen LogP contribution >= 0.6 is 27.5 Å². The fraction of sp³-hybridized carbons (Fsp3) is 0.462. The molecule has 0 amide bonds. The Labute approximate surface area is 137 Å². The zero-order valence-electron chi connectivity index (χ0n) is 12.1. The molecule has 6 nitrogen and oxygen atoms in total. The maximum Gasteiger partial charge on any atom is 0.173 e. The van der Waals surface area contributed by atoms with Crippen molar-refractivity contribution in [3.63, 3.8) is 0 Å². The number of carbonyl (C=O) groups is 1. The highest BCUT2D eigenvalue weighted by Gasteiger charge is 2.45. The Bertz CT molecular complexity index is 538. The van der Waals surface area contributed by atoms with Gasteiger partial charge in [0.1, 0.15) is 6.29 Å². The van der Waals surface area contributed by atoms with Crippen LogP contribution < -0.4 is 26.4 Å². The number of halogens is 2. The molecule has 116 valence electrons. The fourth-order valence-electron chi connectivity index (χ4n) is 2.69. The molecule has 0 bridgehead atoms. The van der Waals surface area contributed by atoms with Crippen molar-refractivity contribution in [1.82, 2.24) is 16.1 Å². The van der Waals surface area contributed by atoms with Gasteiger partial charge in [0.05, 0.1) is 17.3 Å². The minimum atomic E-state index is -0.783. The molecule has 1 heterocycles. The Morgan fingerprint density at radius 2 is 2.10 bits per heavy atom. The second-order valence-electron chi connectivity index (χ2n) is 4.66. The van der Waals surface area contributed by atoms with Gasteiger partial charge in [-0.25, -0.2) is 5.43 Å². The highest BCUT2D eigenvalue weighted by atomic mass is 79.9. The summed E-state index contributed by atoms with van der Waals surface area (Å²) in [4.78, 5) is 11.7. The largest absolute Gasteiger partial charge is 0.351 e. The maximum absolute atomic E-state index is 11.7. The van der Waals surface area contributed by atoms with Crippen molar-refractivity contribution in [3.05, 3.63) is 22.2 Å². The van der Waals surface area contributed by atoms with E-state index in [2.05, 4.69) is 37.3 Å². The van der Waals surface area contributed by atoms with Crippen LogP contribution in [0.2, 0.25) is 0 Å². The van der Waals surface area contributed by atoms with Crippen LogP contribution in [0.4, 0.5) is 11.4 Å². The number of aldehydes is 1. The van der Waals surface area contributed by atoms with E-state index >= 15 is 0 Å². The maximum atomic E-state index is 11.7. The van der Waals surface area contributed by atoms with E-state index in [-0.39, 0.29) is 0 Å². The van der Waals surface area contributed by atoms with Gasteiger partial charge in [-0.05, 0) is 26.2 Å². The molecule has 4 N–H and O–H groups in total. The number of rotatable bonds is 5. The zero-order chi connectivity index (χ0) is 15.6. The number of alkyl halides is 1. The smallest absolute Gasteiger partial charge is 0.173 e. The first-order valence-electron chi connectivity index (χ1n) is 6.53. The molecular weight excluding hydrogens is 358 g/mol. The fourth-order valence-corrected chi connectivity index (χ4v) is 3.59. The third-order valence-electron chi connectivity index (χ3n) is 3.81. The van der Waals surface area contributed by atoms with Gasteiger partial charge in [0, 0.05) is 17.1 Å². The molecule has 0 saturated carbocycles. The van der Waals surface area contributed by atoms with Crippen LogP contribution in [-0.2, 0) is 10.7 Å². The highest BCUT2D eigenvalue weighted by Crippen LogP contribution is 2.41. The van der Waals surface area contributed by atoms with Crippen LogP contribution in [-0.4, -0.2) is 39.3 Å². The molecule has 0 aromatic heterocycles. The first kappa shape index (κ1) is 16.5. The third kappa shape index (κ3) is 2.53. The second kappa shape index (κ2) is 6.50. The molecule has 1 atom stereocenters. The monoisotopic (exact) mass is 375 g/mol. The van der Waals surface area contributed by atoms with Gasteiger partial charge >= 0.3 is 0 Å². The summed E-state index contributed by atoms with van der Waals surface area (Å²) >= 11 is 9.60. The molecular formula is C13H19BrClN5O. The van der Waals surface area contributed by atoms with Gasteiger partial charge in [-0.2, -0.15) is 0 Å². The summed E-state index contributed by atoms with van der Waals surface area (Å²) in [5.74, 6) is -0.448. The Balaban J connectivity index is 2.68. The van der Waals surface area contributed by atoms with Gasteiger partial charge in [0.15, 0.2) is 11.8 Å². The van der Waals surface area contributed by atoms with Crippen LogP contribution in [0.5, 0.6) is 0 Å². The summed E-state index contributed by atoms with van der Waals surface area (Å²) in [5.41, 5.74) is 5.75. The van der Waals surface area contributed by atoms with Crippen LogP contribution in [0.15, 0.2) is 16.6 Å². The number of hydrazine groups is 1. The van der Waals surface area contributed by atoms with Crippen LogP contribution in [0.1, 0.15) is 5.56 Å². The standard InChI is InChI=1S/C13H19BrClN5O/c1-16-13(17-2)11(7-21)20(18-3)12-8(6-15)9(14)4-5-10(12)19-13/h4-5,7,11,16-19H,6H2,1-3H3. The zero-order valence-corrected chi connectivity index (χ0v) is 14.5. The summed E-state index contributed by atoms with van der Waals surface area (Å²) < 4.78 is 0.907. The van der Waals surface area contributed by atoms with Gasteiger partial charge in [-0.3, -0.25) is 15.6 Å².